The third-order valence-electron chi connectivity index (χ3n) is 6.16. The van der Waals surface area contributed by atoms with Crippen molar-refractivity contribution in [3.05, 3.63) is 59.5 Å². The van der Waals surface area contributed by atoms with E-state index in [1.807, 2.05) is 24.3 Å². The number of hydrogen-bond acceptors (Lipinski definition) is 6. The Hall–Kier alpha value is -2.77. The molecule has 0 N–H and O–H groups in total. The summed E-state index contributed by atoms with van der Waals surface area (Å²) in [5.41, 5.74) is 1.95. The van der Waals surface area contributed by atoms with Gasteiger partial charge >= 0.3 is 0 Å². The molecular weight excluding hydrogens is 396 g/mol. The van der Waals surface area contributed by atoms with Crippen LogP contribution in [0.1, 0.15) is 47.5 Å². The summed E-state index contributed by atoms with van der Waals surface area (Å²) in [7, 11) is 0. The lowest BCUT2D eigenvalue weighted by molar-refractivity contribution is -0.141. The number of benzene rings is 1. The van der Waals surface area contributed by atoms with Gasteiger partial charge in [-0.05, 0) is 29.2 Å². The van der Waals surface area contributed by atoms with Crippen LogP contribution in [0.25, 0.3) is 0 Å². The van der Waals surface area contributed by atoms with Crippen LogP contribution in [0, 0.1) is 5.92 Å². The molecule has 0 aliphatic carbocycles. The van der Waals surface area contributed by atoms with Gasteiger partial charge in [-0.25, -0.2) is 0 Å². The molecule has 2 atom stereocenters. The number of carbonyl (C=O) groups is 3. The van der Waals surface area contributed by atoms with Gasteiger partial charge in [0.1, 0.15) is 5.92 Å². The second-order valence-corrected chi connectivity index (χ2v) is 8.40. The molecule has 1 amide bonds. The lowest BCUT2D eigenvalue weighted by Crippen LogP contribution is -2.42. The average molecular weight is 424 g/mol. The van der Waals surface area contributed by atoms with Gasteiger partial charge in [-0.1, -0.05) is 38.1 Å². The molecule has 7 nitrogen and oxygen atoms in total. The summed E-state index contributed by atoms with van der Waals surface area (Å²) in [5.74, 6) is -2.36. The zero-order valence-corrected chi connectivity index (χ0v) is 18.0. The van der Waals surface area contributed by atoms with Crippen LogP contribution in [0.15, 0.2) is 47.1 Å². The third kappa shape index (κ3) is 4.34. The van der Waals surface area contributed by atoms with Crippen molar-refractivity contribution in [2.45, 2.75) is 25.8 Å². The summed E-state index contributed by atoms with van der Waals surface area (Å²) in [5, 5.41) is 0. The minimum absolute atomic E-state index is 0.102. The molecule has 3 heterocycles. The maximum absolute atomic E-state index is 13.2. The van der Waals surface area contributed by atoms with Crippen molar-refractivity contribution < 1.29 is 23.5 Å². The van der Waals surface area contributed by atoms with E-state index in [1.54, 1.807) is 11.0 Å². The van der Waals surface area contributed by atoms with Gasteiger partial charge in [-0.15, -0.1) is 0 Å². The first-order valence-corrected chi connectivity index (χ1v) is 10.8. The predicted octanol–water partition coefficient (Wildman–Crippen LogP) is 2.69. The van der Waals surface area contributed by atoms with E-state index in [2.05, 4.69) is 18.7 Å². The number of carbonyl (C=O) groups excluding carboxylic acids is 3. The molecule has 2 unspecified atom stereocenters. The lowest BCUT2D eigenvalue weighted by atomic mass is 9.87. The number of ether oxygens (including phenoxy) is 1. The number of rotatable bonds is 7. The number of amides is 1. The van der Waals surface area contributed by atoms with Gasteiger partial charge in [0.15, 0.2) is 5.76 Å². The monoisotopic (exact) mass is 424 g/mol. The van der Waals surface area contributed by atoms with Crippen molar-refractivity contribution in [3.63, 3.8) is 0 Å². The van der Waals surface area contributed by atoms with Crippen LogP contribution >= 0.6 is 0 Å². The molecular formula is C24H28N2O5. The highest BCUT2D eigenvalue weighted by Crippen LogP contribution is 2.38. The molecule has 31 heavy (non-hydrogen) atoms. The Morgan fingerprint density at radius 2 is 1.77 bits per heavy atom. The molecule has 0 radical (unpaired) electrons. The first-order valence-electron chi connectivity index (χ1n) is 10.8. The predicted molar refractivity (Wildman–Crippen MR) is 114 cm³/mol. The fourth-order valence-electron chi connectivity index (χ4n) is 4.32. The zero-order chi connectivity index (χ0) is 22.0. The summed E-state index contributed by atoms with van der Waals surface area (Å²) in [6.07, 6.45) is 1.40. The molecule has 0 saturated carbocycles. The molecule has 4 rings (SSSR count). The Morgan fingerprint density at radius 1 is 1.06 bits per heavy atom. The van der Waals surface area contributed by atoms with E-state index in [4.69, 9.17) is 9.15 Å². The Morgan fingerprint density at radius 3 is 2.39 bits per heavy atom. The van der Waals surface area contributed by atoms with Crippen LogP contribution in [0.2, 0.25) is 0 Å². The van der Waals surface area contributed by atoms with Crippen LogP contribution in [0.5, 0.6) is 0 Å². The fourth-order valence-corrected chi connectivity index (χ4v) is 4.32. The highest BCUT2D eigenvalue weighted by Gasteiger charge is 2.52. The molecule has 0 spiro atoms. The van der Waals surface area contributed by atoms with Gasteiger partial charge in [0.25, 0.3) is 5.91 Å². The van der Waals surface area contributed by atoms with Crippen molar-refractivity contribution in [2.24, 2.45) is 5.92 Å². The Bertz CT molecular complexity index is 929. The minimum atomic E-state index is -1.10. The molecule has 2 fully saturated rings. The molecule has 0 bridgehead atoms. The number of Topliss-reactive ketones (excluding diaryl/α,β-unsaturated/α-hetero) is 2. The zero-order valence-electron chi connectivity index (χ0n) is 18.0. The van der Waals surface area contributed by atoms with Gasteiger partial charge in [-0.3, -0.25) is 19.3 Å². The topological polar surface area (TPSA) is 80.1 Å². The molecule has 2 aromatic rings. The van der Waals surface area contributed by atoms with Crippen LogP contribution in [-0.2, 0) is 14.3 Å². The first-order chi connectivity index (χ1) is 15.0. The second-order valence-electron chi connectivity index (χ2n) is 8.40. The van der Waals surface area contributed by atoms with Crippen molar-refractivity contribution in [1.82, 2.24) is 9.80 Å². The molecule has 7 heteroatoms. The highest BCUT2D eigenvalue weighted by atomic mass is 16.5. The number of morpholine rings is 1. The number of ketones is 2. The van der Waals surface area contributed by atoms with Gasteiger partial charge in [0.2, 0.25) is 11.6 Å². The van der Waals surface area contributed by atoms with Crippen LogP contribution in [0.4, 0.5) is 0 Å². The summed E-state index contributed by atoms with van der Waals surface area (Å²) < 4.78 is 10.7. The van der Waals surface area contributed by atoms with Crippen molar-refractivity contribution in [3.8, 4) is 0 Å². The maximum atomic E-state index is 13.2. The van der Waals surface area contributed by atoms with Crippen molar-refractivity contribution in [2.75, 3.05) is 39.4 Å². The summed E-state index contributed by atoms with van der Waals surface area (Å²) in [4.78, 5) is 42.9. The summed E-state index contributed by atoms with van der Waals surface area (Å²) in [6.45, 7) is 8.12. The highest BCUT2D eigenvalue weighted by molar-refractivity contribution is 6.43. The summed E-state index contributed by atoms with van der Waals surface area (Å²) >= 11 is 0. The molecule has 2 saturated heterocycles. The Balaban J connectivity index is 1.65. The van der Waals surface area contributed by atoms with Gasteiger partial charge in [0.05, 0.1) is 25.5 Å². The molecule has 1 aromatic heterocycles. The van der Waals surface area contributed by atoms with Gasteiger partial charge in [0, 0.05) is 26.2 Å². The Labute approximate surface area is 181 Å². The third-order valence-corrected chi connectivity index (χ3v) is 6.16. The van der Waals surface area contributed by atoms with E-state index < -0.39 is 29.4 Å². The second kappa shape index (κ2) is 9.16. The van der Waals surface area contributed by atoms with Crippen LogP contribution in [-0.4, -0.2) is 66.7 Å². The smallest absolute Gasteiger partial charge is 0.291 e. The fraction of sp³-hybridized carbons (Fsp3) is 0.458. The molecule has 2 aliphatic heterocycles. The number of nitrogens with zero attached hydrogens (tertiary/aromatic N) is 2. The van der Waals surface area contributed by atoms with Crippen LogP contribution < -0.4 is 0 Å². The minimum Gasteiger partial charge on any atom is -0.461 e. The number of furan rings is 1. The summed E-state index contributed by atoms with van der Waals surface area (Å²) in [6, 6.07) is 10.4. The van der Waals surface area contributed by atoms with E-state index in [-0.39, 0.29) is 5.76 Å². The lowest BCUT2D eigenvalue weighted by Gasteiger charge is -2.31. The number of hydrogen-bond donors (Lipinski definition) is 0. The van der Waals surface area contributed by atoms with E-state index in [1.165, 1.54) is 12.3 Å². The molecule has 1 aromatic carbocycles. The maximum Gasteiger partial charge on any atom is 0.291 e. The SMILES string of the molecule is CC(C)c1ccc(C2C(C(=O)c3ccco3)C(=O)C(=O)N2CCN2CCOCC2)cc1. The van der Waals surface area contributed by atoms with Crippen molar-refractivity contribution >= 4 is 17.5 Å². The first kappa shape index (κ1) is 21.5. The van der Waals surface area contributed by atoms with Gasteiger partial charge < -0.3 is 14.1 Å². The van der Waals surface area contributed by atoms with Gasteiger partial charge in [-0.2, -0.15) is 0 Å². The van der Waals surface area contributed by atoms with Crippen LogP contribution in [0.3, 0.4) is 0 Å². The van der Waals surface area contributed by atoms with E-state index in [0.29, 0.717) is 32.2 Å². The van der Waals surface area contributed by atoms with E-state index in [9.17, 15) is 14.4 Å². The average Bonchev–Trinajstić information content (AvgIpc) is 3.41. The van der Waals surface area contributed by atoms with E-state index >= 15 is 0 Å². The van der Waals surface area contributed by atoms with Crippen molar-refractivity contribution in [1.29, 1.82) is 0 Å². The number of likely N-dealkylation sites (tertiary alicyclic amines) is 1. The molecule has 164 valence electrons. The normalized spacial score (nSPS) is 22.5. The largest absolute Gasteiger partial charge is 0.461 e. The van der Waals surface area contributed by atoms with E-state index in [0.717, 1.165) is 24.2 Å². The standard InChI is InChI=1S/C24H28N2O5/c1-16(2)17-5-7-18(8-6-17)21-20(22(27)19-4-3-13-31-19)23(28)24(29)26(21)10-9-25-11-14-30-15-12-25/h3-8,13,16,20-21H,9-12,14-15H2,1-2H3. The Kier molecular flexibility index (Phi) is 6.34. The molecule has 2 aliphatic rings. The quantitative estimate of drug-likeness (QED) is 0.386.